The Morgan fingerprint density at radius 1 is 1.09 bits per heavy atom. The maximum absolute atomic E-state index is 13.3. The molecule has 1 saturated carbocycles. The third-order valence-corrected chi connectivity index (χ3v) is 8.72. The van der Waals surface area contributed by atoms with Gasteiger partial charge in [0.1, 0.15) is 5.25 Å². The van der Waals surface area contributed by atoms with Gasteiger partial charge in [-0.3, -0.25) is 14.5 Å². The molecule has 1 N–H and O–H groups in total. The van der Waals surface area contributed by atoms with Crippen molar-refractivity contribution in [3.63, 3.8) is 0 Å². The summed E-state index contributed by atoms with van der Waals surface area (Å²) < 4.78 is 30.1. The number of nitrogens with one attached hydrogen (secondary N) is 1. The lowest BCUT2D eigenvalue weighted by Gasteiger charge is -2.30. The van der Waals surface area contributed by atoms with Gasteiger partial charge in [0, 0.05) is 23.2 Å². The molecule has 4 rings (SSSR count). The van der Waals surface area contributed by atoms with Crippen LogP contribution in [-0.2, 0) is 19.6 Å². The van der Waals surface area contributed by atoms with Gasteiger partial charge in [-0.05, 0) is 56.2 Å². The smallest absolute Gasteiger partial charge is 0.284 e. The maximum Gasteiger partial charge on any atom is 0.284 e. The minimum absolute atomic E-state index is 0.0752. The number of sulfonamides is 1. The fraction of sp³-hybridized carbons (Fsp3) is 0.375. The molecule has 10 heteroatoms. The van der Waals surface area contributed by atoms with E-state index in [0.717, 1.165) is 49.4 Å². The summed E-state index contributed by atoms with van der Waals surface area (Å²) in [4.78, 5) is 27.6. The van der Waals surface area contributed by atoms with Crippen LogP contribution in [0.2, 0.25) is 5.02 Å². The monoisotopic (exact) mass is 519 g/mol. The van der Waals surface area contributed by atoms with Crippen LogP contribution in [0.3, 0.4) is 0 Å². The predicted molar refractivity (Wildman–Crippen MR) is 136 cm³/mol. The quantitative estimate of drug-likeness (QED) is 0.579. The molecule has 0 radical (unpaired) electrons. The lowest BCUT2D eigenvalue weighted by molar-refractivity contribution is -0.130. The number of carbonyl (C=O) groups excluding carboxylic acids is 2. The van der Waals surface area contributed by atoms with E-state index in [1.807, 2.05) is 6.92 Å². The SMILES string of the molecule is Cc1ccc(S(=O)(=O)N=C2S[C@@H](CC(=O)Nc3ccc(Cl)cc3)C(=O)N2C2CCCCC2)cc1. The van der Waals surface area contributed by atoms with Crippen molar-refractivity contribution in [2.75, 3.05) is 5.32 Å². The van der Waals surface area contributed by atoms with Gasteiger partial charge in [-0.1, -0.05) is 60.3 Å². The molecule has 2 fully saturated rings. The highest BCUT2D eigenvalue weighted by Crippen LogP contribution is 2.36. The summed E-state index contributed by atoms with van der Waals surface area (Å²) in [6, 6.07) is 13.0. The molecule has 0 unspecified atom stereocenters. The Morgan fingerprint density at radius 3 is 2.38 bits per heavy atom. The molecule has 2 aromatic rings. The fourth-order valence-corrected chi connectivity index (χ4v) is 6.66. The lowest BCUT2D eigenvalue weighted by atomic mass is 9.94. The Kier molecular flexibility index (Phi) is 7.64. The van der Waals surface area contributed by atoms with Crippen molar-refractivity contribution < 1.29 is 18.0 Å². The predicted octanol–water partition coefficient (Wildman–Crippen LogP) is 5.00. The molecule has 180 valence electrons. The number of thioether (sulfide) groups is 1. The molecule has 1 aliphatic heterocycles. The molecule has 7 nitrogen and oxygen atoms in total. The molecule has 1 aliphatic carbocycles. The first-order chi connectivity index (χ1) is 16.2. The zero-order valence-corrected chi connectivity index (χ0v) is 21.1. The summed E-state index contributed by atoms with van der Waals surface area (Å²) in [6.45, 7) is 1.87. The third-order valence-electron chi connectivity index (χ3n) is 5.92. The molecule has 34 heavy (non-hydrogen) atoms. The Bertz CT molecular complexity index is 1190. The molecule has 2 aliphatic rings. The van der Waals surface area contributed by atoms with Gasteiger partial charge in [-0.25, -0.2) is 0 Å². The highest BCUT2D eigenvalue weighted by molar-refractivity contribution is 8.16. The Hall–Kier alpha value is -2.36. The number of anilines is 1. The molecule has 1 heterocycles. The minimum Gasteiger partial charge on any atom is -0.326 e. The van der Waals surface area contributed by atoms with Gasteiger partial charge < -0.3 is 5.32 Å². The van der Waals surface area contributed by atoms with E-state index in [-0.39, 0.29) is 34.3 Å². The Balaban J connectivity index is 1.57. The van der Waals surface area contributed by atoms with Crippen LogP contribution in [0.25, 0.3) is 0 Å². The number of carbonyl (C=O) groups is 2. The highest BCUT2D eigenvalue weighted by atomic mass is 35.5. The van der Waals surface area contributed by atoms with Crippen LogP contribution < -0.4 is 5.32 Å². The largest absolute Gasteiger partial charge is 0.326 e. The summed E-state index contributed by atoms with van der Waals surface area (Å²) in [5, 5.41) is 2.74. The molecular weight excluding hydrogens is 494 g/mol. The van der Waals surface area contributed by atoms with Crippen molar-refractivity contribution >= 4 is 56.1 Å². The summed E-state index contributed by atoms with van der Waals surface area (Å²) in [5.74, 6) is -0.597. The highest BCUT2D eigenvalue weighted by Gasteiger charge is 2.43. The van der Waals surface area contributed by atoms with Crippen LogP contribution in [0, 0.1) is 6.92 Å². The van der Waals surface area contributed by atoms with Crippen molar-refractivity contribution in [2.45, 2.75) is 61.6 Å². The van der Waals surface area contributed by atoms with Crippen LogP contribution in [0.4, 0.5) is 5.69 Å². The number of aryl methyl sites for hydroxylation is 1. The van der Waals surface area contributed by atoms with Gasteiger partial charge in [0.05, 0.1) is 4.90 Å². The number of amidine groups is 1. The zero-order valence-electron chi connectivity index (χ0n) is 18.7. The lowest BCUT2D eigenvalue weighted by Crippen LogP contribution is -2.42. The van der Waals surface area contributed by atoms with Crippen LogP contribution in [0.1, 0.15) is 44.1 Å². The van der Waals surface area contributed by atoms with Crippen LogP contribution in [-0.4, -0.2) is 41.6 Å². The van der Waals surface area contributed by atoms with E-state index in [0.29, 0.717) is 10.7 Å². The first-order valence-electron chi connectivity index (χ1n) is 11.2. The number of benzene rings is 2. The van der Waals surface area contributed by atoms with Crippen molar-refractivity contribution in [3.8, 4) is 0 Å². The second kappa shape index (κ2) is 10.5. The standard InChI is InChI=1S/C24H26ClN3O4S2/c1-16-7-13-20(14-8-16)34(31,32)27-24-28(19-5-3-2-4-6-19)23(30)21(33-24)15-22(29)26-18-11-9-17(25)10-12-18/h7-14,19,21H,2-6,15H2,1H3,(H,26,29)/t21-/m0/s1. The molecule has 2 aromatic carbocycles. The van der Waals surface area contributed by atoms with Gasteiger partial charge in [0.15, 0.2) is 5.17 Å². The number of halogens is 1. The second-order valence-electron chi connectivity index (χ2n) is 8.53. The van der Waals surface area contributed by atoms with E-state index >= 15 is 0 Å². The molecular formula is C24H26ClN3O4S2. The number of hydrogen-bond donors (Lipinski definition) is 1. The van der Waals surface area contributed by atoms with Gasteiger partial charge in [0.25, 0.3) is 10.0 Å². The van der Waals surface area contributed by atoms with Crippen molar-refractivity contribution in [1.82, 2.24) is 4.90 Å². The van der Waals surface area contributed by atoms with Gasteiger partial charge >= 0.3 is 0 Å². The van der Waals surface area contributed by atoms with Crippen LogP contribution in [0.5, 0.6) is 0 Å². The van der Waals surface area contributed by atoms with Crippen molar-refractivity contribution in [2.24, 2.45) is 4.40 Å². The maximum atomic E-state index is 13.3. The van der Waals surface area contributed by atoms with E-state index in [9.17, 15) is 18.0 Å². The normalized spacial score (nSPS) is 20.6. The second-order valence-corrected chi connectivity index (χ2v) is 11.7. The molecule has 2 amide bonds. The summed E-state index contributed by atoms with van der Waals surface area (Å²) in [5.41, 5.74) is 1.51. The molecule has 0 aromatic heterocycles. The fourth-order valence-electron chi connectivity index (χ4n) is 4.13. The Labute approximate surface area is 209 Å². The van der Waals surface area contributed by atoms with E-state index in [1.165, 1.54) is 17.0 Å². The zero-order chi connectivity index (χ0) is 24.3. The van der Waals surface area contributed by atoms with E-state index in [2.05, 4.69) is 9.71 Å². The van der Waals surface area contributed by atoms with Crippen molar-refractivity contribution in [1.29, 1.82) is 0 Å². The first kappa shape index (κ1) is 24.8. The van der Waals surface area contributed by atoms with E-state index in [1.54, 1.807) is 36.4 Å². The van der Waals surface area contributed by atoms with Crippen LogP contribution >= 0.6 is 23.4 Å². The summed E-state index contributed by atoms with van der Waals surface area (Å²) >= 11 is 6.94. The topological polar surface area (TPSA) is 95.9 Å². The Morgan fingerprint density at radius 2 is 1.74 bits per heavy atom. The third kappa shape index (κ3) is 5.82. The van der Waals surface area contributed by atoms with Crippen molar-refractivity contribution in [3.05, 3.63) is 59.1 Å². The molecule has 0 spiro atoms. The average molecular weight is 520 g/mol. The number of amides is 2. The average Bonchev–Trinajstić information content (AvgIpc) is 3.10. The molecule has 0 bridgehead atoms. The first-order valence-corrected chi connectivity index (χ1v) is 13.9. The van der Waals surface area contributed by atoms with Crippen LogP contribution in [0.15, 0.2) is 57.8 Å². The van der Waals surface area contributed by atoms with Gasteiger partial charge in [-0.15, -0.1) is 4.40 Å². The minimum atomic E-state index is -4.00. The number of hydrogen-bond acceptors (Lipinski definition) is 5. The van der Waals surface area contributed by atoms with Gasteiger partial charge in [0.2, 0.25) is 11.8 Å². The number of rotatable bonds is 6. The van der Waals surface area contributed by atoms with E-state index in [4.69, 9.17) is 11.6 Å². The summed E-state index contributed by atoms with van der Waals surface area (Å²) in [7, 11) is -4.00. The number of nitrogens with zero attached hydrogens (tertiary/aromatic N) is 2. The summed E-state index contributed by atoms with van der Waals surface area (Å²) in [6.07, 6.45) is 4.53. The molecule has 1 atom stereocenters. The van der Waals surface area contributed by atoms with Gasteiger partial charge in [-0.2, -0.15) is 8.42 Å². The van der Waals surface area contributed by atoms with E-state index < -0.39 is 15.3 Å². The molecule has 1 saturated heterocycles.